The Morgan fingerprint density at radius 1 is 1.50 bits per heavy atom. The molecule has 5 heteroatoms. The molecule has 0 spiro atoms. The summed E-state index contributed by atoms with van der Waals surface area (Å²) in [4.78, 5) is 10.1. The van der Waals surface area contributed by atoms with Crippen LogP contribution in [0.15, 0.2) is 10.5 Å². The van der Waals surface area contributed by atoms with Gasteiger partial charge in [0, 0.05) is 0 Å². The molecular formula is C7H5F3O2. The van der Waals surface area contributed by atoms with E-state index in [0.29, 0.717) is 12.4 Å². The molecule has 66 valence electrons. The van der Waals surface area contributed by atoms with Gasteiger partial charge in [0.25, 0.3) is 0 Å². The lowest BCUT2D eigenvalue weighted by molar-refractivity contribution is -0.153. The van der Waals surface area contributed by atoms with Crippen molar-refractivity contribution in [2.75, 3.05) is 0 Å². The van der Waals surface area contributed by atoms with Crippen molar-refractivity contribution in [3.05, 3.63) is 23.2 Å². The zero-order valence-corrected chi connectivity index (χ0v) is 6.11. The second-order valence-electron chi connectivity index (χ2n) is 2.24. The van der Waals surface area contributed by atoms with E-state index in [4.69, 9.17) is 0 Å². The fraction of sp³-hybridized carbons (Fsp3) is 0.286. The van der Waals surface area contributed by atoms with Gasteiger partial charge in [-0.2, -0.15) is 13.2 Å². The highest BCUT2D eigenvalue weighted by Gasteiger charge is 2.35. The largest absolute Gasteiger partial charge is 0.456 e. The molecule has 1 heterocycles. The van der Waals surface area contributed by atoms with Crippen molar-refractivity contribution in [1.82, 2.24) is 0 Å². The van der Waals surface area contributed by atoms with Gasteiger partial charge in [-0.15, -0.1) is 0 Å². The number of halogens is 3. The first-order valence-corrected chi connectivity index (χ1v) is 3.08. The topological polar surface area (TPSA) is 30.2 Å². The van der Waals surface area contributed by atoms with E-state index in [0.717, 1.165) is 0 Å². The molecular weight excluding hydrogens is 173 g/mol. The lowest BCUT2D eigenvalue weighted by atomic mass is 10.3. The average Bonchev–Trinajstić information content (AvgIpc) is 2.29. The molecule has 0 fully saturated rings. The third-order valence-electron chi connectivity index (χ3n) is 1.36. The molecule has 0 saturated heterocycles. The molecule has 0 aromatic carbocycles. The summed E-state index contributed by atoms with van der Waals surface area (Å²) < 4.78 is 40.0. The lowest BCUT2D eigenvalue weighted by Crippen LogP contribution is -2.02. The molecule has 0 amide bonds. The third-order valence-corrected chi connectivity index (χ3v) is 1.36. The molecule has 2 nitrogen and oxygen atoms in total. The Labute approximate surface area is 66.0 Å². The Morgan fingerprint density at radius 2 is 2.08 bits per heavy atom. The molecule has 1 rings (SSSR count). The molecule has 0 atom stereocenters. The lowest BCUT2D eigenvalue weighted by Gasteiger charge is -1.99. The molecule has 0 radical (unpaired) electrons. The summed E-state index contributed by atoms with van der Waals surface area (Å²) >= 11 is 0. The molecule has 0 unspecified atom stereocenters. The van der Waals surface area contributed by atoms with Crippen molar-refractivity contribution in [2.24, 2.45) is 0 Å². The molecule has 0 N–H and O–H groups in total. The van der Waals surface area contributed by atoms with Crippen LogP contribution in [0.1, 0.15) is 21.9 Å². The predicted molar refractivity (Wildman–Crippen MR) is 33.8 cm³/mol. The Kier molecular flexibility index (Phi) is 1.95. The number of aldehydes is 1. The molecule has 0 aliphatic carbocycles. The summed E-state index contributed by atoms with van der Waals surface area (Å²) in [5.41, 5.74) is -0.0673. The normalized spacial score (nSPS) is 11.7. The van der Waals surface area contributed by atoms with Crippen LogP contribution in [0, 0.1) is 6.92 Å². The Balaban J connectivity index is 3.13. The number of aryl methyl sites for hydroxylation is 1. The van der Waals surface area contributed by atoms with Crippen molar-refractivity contribution in [3.63, 3.8) is 0 Å². The molecule has 1 aromatic heterocycles. The van der Waals surface area contributed by atoms with Gasteiger partial charge in [-0.1, -0.05) is 0 Å². The fourth-order valence-electron chi connectivity index (χ4n) is 0.753. The van der Waals surface area contributed by atoms with E-state index >= 15 is 0 Å². The summed E-state index contributed by atoms with van der Waals surface area (Å²) in [6.07, 6.45) is -4.19. The van der Waals surface area contributed by atoms with Crippen LogP contribution in [0.5, 0.6) is 0 Å². The fourth-order valence-corrected chi connectivity index (χ4v) is 0.753. The molecule has 1 aromatic rings. The maximum Gasteiger partial charge on any atom is 0.449 e. The van der Waals surface area contributed by atoms with Gasteiger partial charge in [0.15, 0.2) is 6.29 Å². The van der Waals surface area contributed by atoms with Crippen LogP contribution in [0.3, 0.4) is 0 Å². The number of hydrogen-bond acceptors (Lipinski definition) is 2. The number of hydrogen-bond donors (Lipinski definition) is 0. The summed E-state index contributed by atoms with van der Waals surface area (Å²) in [6, 6.07) is 0.683. The standard InChI is InChI=1S/C7H5F3O2/c1-4-5(3-11)2-6(12-4)7(8,9)10/h2-3H,1H3. The van der Waals surface area contributed by atoms with Gasteiger partial charge in [0.1, 0.15) is 5.76 Å². The minimum Gasteiger partial charge on any atom is -0.456 e. The highest BCUT2D eigenvalue weighted by molar-refractivity contribution is 5.76. The van der Waals surface area contributed by atoms with Crippen molar-refractivity contribution in [2.45, 2.75) is 13.1 Å². The number of rotatable bonds is 1. The Hall–Kier alpha value is -1.26. The van der Waals surface area contributed by atoms with E-state index in [9.17, 15) is 18.0 Å². The minimum absolute atomic E-state index is 0.0164. The average molecular weight is 178 g/mol. The van der Waals surface area contributed by atoms with Gasteiger partial charge in [0.2, 0.25) is 5.76 Å². The van der Waals surface area contributed by atoms with E-state index < -0.39 is 11.9 Å². The van der Waals surface area contributed by atoms with Crippen LogP contribution in [-0.2, 0) is 6.18 Å². The van der Waals surface area contributed by atoms with Crippen molar-refractivity contribution >= 4 is 6.29 Å². The maximum atomic E-state index is 11.9. The van der Waals surface area contributed by atoms with Crippen LogP contribution >= 0.6 is 0 Å². The van der Waals surface area contributed by atoms with Crippen molar-refractivity contribution in [1.29, 1.82) is 0 Å². The molecule has 0 bridgehead atoms. The zero-order chi connectivity index (χ0) is 9.35. The van der Waals surface area contributed by atoms with E-state index in [1.54, 1.807) is 0 Å². The van der Waals surface area contributed by atoms with Crippen LogP contribution < -0.4 is 0 Å². The third kappa shape index (κ3) is 1.49. The highest BCUT2D eigenvalue weighted by Crippen LogP contribution is 2.31. The van der Waals surface area contributed by atoms with Gasteiger partial charge in [0.05, 0.1) is 5.56 Å². The Morgan fingerprint density at radius 3 is 2.33 bits per heavy atom. The summed E-state index contributed by atoms with van der Waals surface area (Å²) in [5.74, 6) is -1.15. The van der Waals surface area contributed by atoms with Crippen LogP contribution in [0.4, 0.5) is 13.2 Å². The van der Waals surface area contributed by atoms with E-state index in [1.807, 2.05) is 0 Å². The molecule has 0 aliphatic rings. The first kappa shape index (κ1) is 8.83. The van der Waals surface area contributed by atoms with Crippen LogP contribution in [0.25, 0.3) is 0 Å². The number of furan rings is 1. The minimum atomic E-state index is -4.52. The summed E-state index contributed by atoms with van der Waals surface area (Å²) in [6.45, 7) is 1.30. The SMILES string of the molecule is Cc1oc(C(F)(F)F)cc1C=O. The summed E-state index contributed by atoms with van der Waals surface area (Å²) in [7, 11) is 0. The highest BCUT2D eigenvalue weighted by atomic mass is 19.4. The molecule has 0 aliphatic heterocycles. The first-order chi connectivity index (χ1) is 5.45. The number of carbonyl (C=O) groups excluding carboxylic acids is 1. The zero-order valence-electron chi connectivity index (χ0n) is 6.11. The van der Waals surface area contributed by atoms with Crippen LogP contribution in [0.2, 0.25) is 0 Å². The van der Waals surface area contributed by atoms with Gasteiger partial charge < -0.3 is 4.42 Å². The van der Waals surface area contributed by atoms with Gasteiger partial charge in [-0.25, -0.2) is 0 Å². The number of alkyl halides is 3. The second-order valence-corrected chi connectivity index (χ2v) is 2.24. The van der Waals surface area contributed by atoms with Crippen molar-refractivity contribution in [3.8, 4) is 0 Å². The predicted octanol–water partition coefficient (Wildman–Crippen LogP) is 2.42. The monoisotopic (exact) mass is 178 g/mol. The van der Waals surface area contributed by atoms with Crippen molar-refractivity contribution < 1.29 is 22.4 Å². The maximum absolute atomic E-state index is 11.9. The van der Waals surface area contributed by atoms with Gasteiger partial charge in [-0.3, -0.25) is 4.79 Å². The second kappa shape index (κ2) is 2.66. The molecule has 0 saturated carbocycles. The van der Waals surface area contributed by atoms with Gasteiger partial charge >= 0.3 is 6.18 Å². The van der Waals surface area contributed by atoms with E-state index in [-0.39, 0.29) is 11.3 Å². The van der Waals surface area contributed by atoms with Crippen LogP contribution in [-0.4, -0.2) is 6.29 Å². The first-order valence-electron chi connectivity index (χ1n) is 3.08. The number of carbonyl (C=O) groups is 1. The molecule has 12 heavy (non-hydrogen) atoms. The smallest absolute Gasteiger partial charge is 0.449 e. The van der Waals surface area contributed by atoms with E-state index in [1.165, 1.54) is 6.92 Å². The van der Waals surface area contributed by atoms with Gasteiger partial charge in [-0.05, 0) is 13.0 Å². The Bertz CT molecular complexity index is 298. The summed E-state index contributed by atoms with van der Waals surface area (Å²) in [5, 5.41) is 0. The van der Waals surface area contributed by atoms with E-state index in [2.05, 4.69) is 4.42 Å². The quantitative estimate of drug-likeness (QED) is 0.618.